The zero-order chi connectivity index (χ0) is 30.9. The first kappa shape index (κ1) is 24.2. The molecule has 216 valence electrons. The smallest absolute Gasteiger partial charge is 0.264 e. The van der Waals surface area contributed by atoms with E-state index in [1.54, 1.807) is 12.1 Å². The number of benzene rings is 7. The van der Waals surface area contributed by atoms with Gasteiger partial charge in [-0.1, -0.05) is 24.3 Å². The number of rotatable bonds is 0. The molecule has 0 saturated carbocycles. The summed E-state index contributed by atoms with van der Waals surface area (Å²) >= 11 is 0. The van der Waals surface area contributed by atoms with E-state index < -0.39 is 34.4 Å². The van der Waals surface area contributed by atoms with E-state index in [1.807, 2.05) is 36.4 Å². The third-order valence-electron chi connectivity index (χ3n) is 9.67. The van der Waals surface area contributed by atoms with Gasteiger partial charge in [0.2, 0.25) is 0 Å². The van der Waals surface area contributed by atoms with Crippen LogP contribution < -0.4 is 11.1 Å². The molecule has 0 aliphatic rings. The van der Waals surface area contributed by atoms with E-state index in [2.05, 4.69) is 9.97 Å². The predicted octanol–water partition coefficient (Wildman–Crippen LogP) is 7.80. The van der Waals surface area contributed by atoms with Gasteiger partial charge in [0.15, 0.2) is 23.3 Å². The normalized spacial score (nSPS) is 13.0. The van der Waals surface area contributed by atoms with Crippen LogP contribution in [0.3, 0.4) is 0 Å². The Morgan fingerprint density at radius 1 is 0.413 bits per heavy atom. The molecule has 11 aromatic rings. The molecule has 0 aliphatic heterocycles. The molecule has 0 unspecified atom stereocenters. The lowest BCUT2D eigenvalue weighted by Crippen LogP contribution is -2.14. The molecule has 0 bridgehead atoms. The number of pyridine rings is 2. The summed E-state index contributed by atoms with van der Waals surface area (Å²) in [5, 5.41) is 8.07. The molecule has 0 amide bonds. The van der Waals surface area contributed by atoms with Crippen LogP contribution in [0.2, 0.25) is 0 Å². The van der Waals surface area contributed by atoms with Crippen LogP contribution in [0.15, 0.2) is 82.4 Å². The number of aromatic nitrogens is 4. The van der Waals surface area contributed by atoms with Crippen molar-refractivity contribution in [2.24, 2.45) is 0 Å². The van der Waals surface area contributed by atoms with Crippen molar-refractivity contribution >= 4 is 98.0 Å². The molecule has 0 radical (unpaired) electrons. The Bertz CT molecular complexity index is 3110. The molecular weight excluding hydrogens is 596 g/mol. The largest absolute Gasteiger partial charge is 0.268 e. The van der Waals surface area contributed by atoms with Crippen molar-refractivity contribution in [3.05, 3.63) is 117 Å². The topological polar surface area (TPSA) is 68.7 Å². The fourth-order valence-electron chi connectivity index (χ4n) is 7.82. The average molecular weight is 609 g/mol. The van der Waals surface area contributed by atoms with Gasteiger partial charge >= 0.3 is 0 Å². The second-order valence-electron chi connectivity index (χ2n) is 11.8. The summed E-state index contributed by atoms with van der Waals surface area (Å²) in [6.07, 6.45) is 0. The summed E-state index contributed by atoms with van der Waals surface area (Å²) in [6.45, 7) is 0. The summed E-state index contributed by atoms with van der Waals surface area (Å²) in [6, 6.07) is 19.2. The third-order valence-corrected chi connectivity index (χ3v) is 9.67. The van der Waals surface area contributed by atoms with Crippen molar-refractivity contribution in [1.82, 2.24) is 18.8 Å². The second-order valence-corrected chi connectivity index (χ2v) is 11.8. The maximum absolute atomic E-state index is 15.0. The van der Waals surface area contributed by atoms with Crippen LogP contribution in [-0.4, -0.2) is 18.8 Å². The van der Waals surface area contributed by atoms with Gasteiger partial charge in [0.25, 0.3) is 11.1 Å². The summed E-state index contributed by atoms with van der Waals surface area (Å²) in [7, 11) is 0. The lowest BCUT2D eigenvalue weighted by atomic mass is 9.86. The molecule has 0 fully saturated rings. The maximum Gasteiger partial charge on any atom is 0.264 e. The van der Waals surface area contributed by atoms with Crippen molar-refractivity contribution in [2.75, 3.05) is 0 Å². The number of fused-ring (bicyclic) bond motifs is 10. The monoisotopic (exact) mass is 608 g/mol. The highest BCUT2D eigenvalue weighted by molar-refractivity contribution is 6.40. The van der Waals surface area contributed by atoms with E-state index in [-0.39, 0.29) is 33.4 Å². The zero-order valence-corrected chi connectivity index (χ0v) is 23.0. The van der Waals surface area contributed by atoms with Crippen LogP contribution in [0.1, 0.15) is 0 Å². The van der Waals surface area contributed by atoms with Crippen molar-refractivity contribution < 1.29 is 17.6 Å². The second kappa shape index (κ2) is 7.55. The minimum Gasteiger partial charge on any atom is -0.268 e. The Hall–Kier alpha value is -6.16. The number of halogens is 4. The highest BCUT2D eigenvalue weighted by atomic mass is 19.2. The number of hydrogen-bond donors (Lipinski definition) is 0. The van der Waals surface area contributed by atoms with Crippen LogP contribution >= 0.6 is 0 Å². The van der Waals surface area contributed by atoms with Gasteiger partial charge in [-0.05, 0) is 80.8 Å². The van der Waals surface area contributed by atoms with E-state index >= 15 is 8.78 Å². The Morgan fingerprint density at radius 2 is 0.739 bits per heavy atom. The van der Waals surface area contributed by atoms with Crippen LogP contribution in [0.25, 0.3) is 98.0 Å². The molecule has 7 aromatic carbocycles. The zero-order valence-electron chi connectivity index (χ0n) is 23.0. The van der Waals surface area contributed by atoms with Gasteiger partial charge in [0.1, 0.15) is 22.3 Å². The third kappa shape index (κ3) is 2.48. The van der Waals surface area contributed by atoms with Gasteiger partial charge in [-0.15, -0.1) is 0 Å². The van der Waals surface area contributed by atoms with Gasteiger partial charge in [-0.3, -0.25) is 18.4 Å². The molecular formula is C36H12F4N4O2. The number of hydrogen-bond acceptors (Lipinski definition) is 4. The van der Waals surface area contributed by atoms with E-state index in [4.69, 9.17) is 0 Å². The first-order valence-electron chi connectivity index (χ1n) is 14.4. The minimum atomic E-state index is -1.14. The fraction of sp³-hybridized carbons (Fsp3) is 0. The van der Waals surface area contributed by atoms with E-state index in [0.717, 1.165) is 53.3 Å². The standard InChI is InChI=1S/C36H12F4N4O2/c37-21-9-11-23-31(29(21)39)43-33(41-23)17-5-1-13-14-2-6-18-28-20(36(46)44-32-24(42-34(18)44)12-10-22(38)30(32)40)8-4-16(26(14)28)15-3-7-19(35(43)45)27(17)25(13)15/h1-12H. The summed E-state index contributed by atoms with van der Waals surface area (Å²) in [5.74, 6) is -4.41. The van der Waals surface area contributed by atoms with Crippen LogP contribution in [0, 0.1) is 23.3 Å². The highest BCUT2D eigenvalue weighted by Crippen LogP contribution is 2.46. The minimum absolute atomic E-state index is 0.169. The summed E-state index contributed by atoms with van der Waals surface area (Å²) < 4.78 is 60.8. The van der Waals surface area contributed by atoms with Crippen LogP contribution in [0.5, 0.6) is 0 Å². The quantitative estimate of drug-likeness (QED) is 0.100. The van der Waals surface area contributed by atoms with Crippen molar-refractivity contribution in [3.8, 4) is 0 Å². The van der Waals surface area contributed by atoms with Crippen molar-refractivity contribution in [1.29, 1.82) is 0 Å². The molecule has 0 N–H and O–H groups in total. The van der Waals surface area contributed by atoms with E-state index in [0.29, 0.717) is 32.3 Å². The number of imidazole rings is 2. The molecule has 46 heavy (non-hydrogen) atoms. The summed E-state index contributed by atoms with van der Waals surface area (Å²) in [4.78, 5) is 37.0. The molecule has 4 heterocycles. The lowest BCUT2D eigenvalue weighted by molar-refractivity contribution is 0.515. The van der Waals surface area contributed by atoms with E-state index in [1.165, 1.54) is 12.1 Å². The molecule has 10 heteroatoms. The lowest BCUT2D eigenvalue weighted by Gasteiger charge is -2.18. The maximum atomic E-state index is 15.0. The molecule has 11 rings (SSSR count). The SMILES string of the molecule is O=c1c2ccc3c4ccc5c(=O)n6c(nc7ccc(F)c(F)c76)c6ccc(c7ccc(c2c37)c2nc3ccc(F)c(F)c3n12)c4c56. The van der Waals surface area contributed by atoms with Gasteiger partial charge in [0, 0.05) is 32.3 Å². The van der Waals surface area contributed by atoms with Gasteiger partial charge < -0.3 is 0 Å². The summed E-state index contributed by atoms with van der Waals surface area (Å²) in [5.41, 5.74) is -0.645. The number of nitrogens with zero attached hydrogens (tertiary/aromatic N) is 4. The van der Waals surface area contributed by atoms with Crippen LogP contribution in [-0.2, 0) is 0 Å². The van der Waals surface area contributed by atoms with Crippen molar-refractivity contribution in [3.63, 3.8) is 0 Å². The Kier molecular flexibility index (Phi) is 3.97. The Labute approximate surface area is 251 Å². The fourth-order valence-corrected chi connectivity index (χ4v) is 7.82. The van der Waals surface area contributed by atoms with Gasteiger partial charge in [0.05, 0.1) is 11.0 Å². The predicted molar refractivity (Wildman–Crippen MR) is 170 cm³/mol. The average Bonchev–Trinajstić information content (AvgIpc) is 3.66. The van der Waals surface area contributed by atoms with Crippen LogP contribution in [0.4, 0.5) is 17.6 Å². The molecule has 0 atom stereocenters. The Morgan fingerprint density at radius 3 is 1.13 bits per heavy atom. The first-order valence-corrected chi connectivity index (χ1v) is 14.4. The van der Waals surface area contributed by atoms with E-state index in [9.17, 15) is 18.4 Å². The molecule has 6 nitrogen and oxygen atoms in total. The van der Waals surface area contributed by atoms with Gasteiger partial charge in [-0.2, -0.15) is 0 Å². The highest BCUT2D eigenvalue weighted by Gasteiger charge is 2.25. The molecule has 0 saturated heterocycles. The molecule has 0 aliphatic carbocycles. The Balaban J connectivity index is 1.37. The van der Waals surface area contributed by atoms with Gasteiger partial charge in [-0.25, -0.2) is 27.5 Å². The molecule has 4 aromatic heterocycles. The van der Waals surface area contributed by atoms with Crippen molar-refractivity contribution in [2.45, 2.75) is 0 Å². The molecule has 0 spiro atoms. The first-order chi connectivity index (χ1) is 22.3.